The van der Waals surface area contributed by atoms with Gasteiger partial charge in [0.25, 0.3) is 5.56 Å². The molecular formula is C11H8N2OS. The summed E-state index contributed by atoms with van der Waals surface area (Å²) in [5.74, 6) is 6.29. The van der Waals surface area contributed by atoms with Gasteiger partial charge in [-0.25, -0.2) is 4.98 Å². The van der Waals surface area contributed by atoms with E-state index in [1.165, 1.54) is 6.33 Å². The summed E-state index contributed by atoms with van der Waals surface area (Å²) < 4.78 is 0. The number of benzene rings is 1. The molecule has 1 aromatic heterocycles. The molecule has 0 aliphatic rings. The monoisotopic (exact) mass is 216 g/mol. The molecule has 1 heterocycles. The average molecular weight is 216 g/mol. The first-order chi connectivity index (χ1) is 7.31. The Morgan fingerprint density at radius 3 is 3.13 bits per heavy atom. The largest absolute Gasteiger partial charge is 0.313 e. The first-order valence-electron chi connectivity index (χ1n) is 4.38. The number of hydrogen-bond acceptors (Lipinski definition) is 3. The zero-order valence-corrected chi connectivity index (χ0v) is 8.71. The van der Waals surface area contributed by atoms with Gasteiger partial charge in [-0.05, 0) is 18.2 Å². The summed E-state index contributed by atoms with van der Waals surface area (Å²) in [7, 11) is 0. The molecule has 0 saturated heterocycles. The summed E-state index contributed by atoms with van der Waals surface area (Å²) in [6.07, 6.45) is 1.39. The van der Waals surface area contributed by atoms with Gasteiger partial charge in [0.05, 0.1) is 23.0 Å². The Kier molecular flexibility index (Phi) is 2.75. The maximum atomic E-state index is 11.4. The van der Waals surface area contributed by atoms with Crippen molar-refractivity contribution in [2.75, 3.05) is 5.75 Å². The molecule has 0 spiro atoms. The molecule has 0 aliphatic heterocycles. The summed E-state index contributed by atoms with van der Waals surface area (Å²) in [5.41, 5.74) is 1.37. The van der Waals surface area contributed by atoms with E-state index in [1.807, 2.05) is 0 Å². The van der Waals surface area contributed by atoms with Crippen LogP contribution >= 0.6 is 12.6 Å². The maximum absolute atomic E-state index is 11.4. The minimum Gasteiger partial charge on any atom is -0.313 e. The highest BCUT2D eigenvalue weighted by molar-refractivity contribution is 7.80. The molecule has 0 amide bonds. The number of hydrogen-bond donors (Lipinski definition) is 2. The van der Waals surface area contributed by atoms with Crippen molar-refractivity contribution in [1.82, 2.24) is 9.97 Å². The third-order valence-electron chi connectivity index (χ3n) is 1.95. The minimum absolute atomic E-state index is 0.131. The van der Waals surface area contributed by atoms with Crippen LogP contribution in [-0.2, 0) is 0 Å². The quantitative estimate of drug-likeness (QED) is 0.513. The van der Waals surface area contributed by atoms with Gasteiger partial charge < -0.3 is 4.98 Å². The van der Waals surface area contributed by atoms with Gasteiger partial charge in [0.15, 0.2) is 0 Å². The standard InChI is InChI=1S/C11H8N2OS/c14-11-9-4-3-8(2-1-5-15)6-10(9)12-7-13-11/h3-4,6-7,15H,5H2,(H,12,13,14). The number of aromatic amines is 1. The van der Waals surface area contributed by atoms with E-state index in [-0.39, 0.29) is 5.56 Å². The Balaban J connectivity index is 2.62. The van der Waals surface area contributed by atoms with Crippen LogP contribution in [0.4, 0.5) is 0 Å². The van der Waals surface area contributed by atoms with Gasteiger partial charge in [0, 0.05) is 5.56 Å². The number of aromatic nitrogens is 2. The lowest BCUT2D eigenvalue weighted by Crippen LogP contribution is -2.05. The number of nitrogens with zero attached hydrogens (tertiary/aromatic N) is 1. The fourth-order valence-corrected chi connectivity index (χ4v) is 1.37. The molecule has 4 heteroatoms. The molecule has 0 atom stereocenters. The predicted molar refractivity (Wildman–Crippen MR) is 63.1 cm³/mol. The Morgan fingerprint density at radius 2 is 2.33 bits per heavy atom. The molecule has 1 aromatic carbocycles. The number of fused-ring (bicyclic) bond motifs is 1. The Hall–Kier alpha value is -1.73. The van der Waals surface area contributed by atoms with Crippen molar-refractivity contribution in [3.05, 3.63) is 40.4 Å². The molecule has 0 radical (unpaired) electrons. The van der Waals surface area contributed by atoms with Crippen LogP contribution in [0.15, 0.2) is 29.3 Å². The highest BCUT2D eigenvalue weighted by Gasteiger charge is 1.98. The van der Waals surface area contributed by atoms with Crippen LogP contribution in [0.3, 0.4) is 0 Å². The summed E-state index contributed by atoms with van der Waals surface area (Å²) in [6.45, 7) is 0. The lowest BCUT2D eigenvalue weighted by molar-refractivity contribution is 1.17. The van der Waals surface area contributed by atoms with Crippen molar-refractivity contribution in [2.45, 2.75) is 0 Å². The van der Waals surface area contributed by atoms with Crippen molar-refractivity contribution in [2.24, 2.45) is 0 Å². The molecule has 2 rings (SSSR count). The molecule has 0 bridgehead atoms. The van der Waals surface area contributed by atoms with Gasteiger partial charge in [0.2, 0.25) is 0 Å². The van der Waals surface area contributed by atoms with Crippen LogP contribution in [-0.4, -0.2) is 15.7 Å². The van der Waals surface area contributed by atoms with E-state index >= 15 is 0 Å². The first kappa shape index (κ1) is 9.81. The molecule has 2 aromatic rings. The third-order valence-corrected chi connectivity index (χ3v) is 2.11. The Labute approximate surface area is 92.0 Å². The lowest BCUT2D eigenvalue weighted by Gasteiger charge is -1.95. The first-order valence-corrected chi connectivity index (χ1v) is 5.01. The van der Waals surface area contributed by atoms with E-state index in [4.69, 9.17) is 0 Å². The topological polar surface area (TPSA) is 45.8 Å². The highest BCUT2D eigenvalue weighted by Crippen LogP contribution is 2.08. The van der Waals surface area contributed by atoms with Crippen LogP contribution in [0.1, 0.15) is 5.56 Å². The lowest BCUT2D eigenvalue weighted by atomic mass is 10.1. The van der Waals surface area contributed by atoms with Crippen molar-refractivity contribution < 1.29 is 0 Å². The summed E-state index contributed by atoms with van der Waals surface area (Å²) >= 11 is 4.00. The van der Waals surface area contributed by atoms with Gasteiger partial charge in [-0.2, -0.15) is 12.6 Å². The Bertz CT molecular complexity index is 607. The summed E-state index contributed by atoms with van der Waals surface area (Å²) in [6, 6.07) is 5.32. The van der Waals surface area contributed by atoms with Crippen LogP contribution < -0.4 is 5.56 Å². The van der Waals surface area contributed by atoms with E-state index in [0.717, 1.165) is 5.56 Å². The summed E-state index contributed by atoms with van der Waals surface area (Å²) in [5, 5.41) is 0.578. The SMILES string of the molecule is O=c1[nH]cnc2cc(C#CCS)ccc12. The van der Waals surface area contributed by atoms with Crippen LogP contribution in [0.25, 0.3) is 10.9 Å². The Morgan fingerprint density at radius 1 is 1.47 bits per heavy atom. The van der Waals surface area contributed by atoms with Crippen molar-refractivity contribution >= 4 is 23.5 Å². The number of rotatable bonds is 0. The molecular weight excluding hydrogens is 208 g/mol. The third kappa shape index (κ3) is 2.03. The molecule has 0 aliphatic carbocycles. The second kappa shape index (κ2) is 4.20. The number of thiol groups is 1. The van der Waals surface area contributed by atoms with Crippen LogP contribution in [0.5, 0.6) is 0 Å². The maximum Gasteiger partial charge on any atom is 0.258 e. The van der Waals surface area contributed by atoms with Crippen molar-refractivity contribution in [1.29, 1.82) is 0 Å². The van der Waals surface area contributed by atoms with Gasteiger partial charge in [0.1, 0.15) is 0 Å². The zero-order chi connectivity index (χ0) is 10.7. The predicted octanol–water partition coefficient (Wildman–Crippen LogP) is 1.20. The zero-order valence-electron chi connectivity index (χ0n) is 7.82. The summed E-state index contributed by atoms with van der Waals surface area (Å²) in [4.78, 5) is 18.0. The van der Waals surface area contributed by atoms with E-state index in [1.54, 1.807) is 18.2 Å². The van der Waals surface area contributed by atoms with E-state index in [9.17, 15) is 4.79 Å². The van der Waals surface area contributed by atoms with Crippen LogP contribution in [0, 0.1) is 11.8 Å². The molecule has 15 heavy (non-hydrogen) atoms. The van der Waals surface area contributed by atoms with Gasteiger partial charge in [-0.3, -0.25) is 4.79 Å². The van der Waals surface area contributed by atoms with Gasteiger partial charge in [-0.1, -0.05) is 11.8 Å². The van der Waals surface area contributed by atoms with Crippen molar-refractivity contribution in [3.63, 3.8) is 0 Å². The van der Waals surface area contributed by atoms with Gasteiger partial charge >= 0.3 is 0 Å². The second-order valence-electron chi connectivity index (χ2n) is 2.92. The van der Waals surface area contributed by atoms with Gasteiger partial charge in [-0.15, -0.1) is 0 Å². The molecule has 1 N–H and O–H groups in total. The van der Waals surface area contributed by atoms with E-state index in [2.05, 4.69) is 34.4 Å². The molecule has 0 unspecified atom stereocenters. The second-order valence-corrected chi connectivity index (χ2v) is 3.24. The molecule has 0 saturated carbocycles. The fourth-order valence-electron chi connectivity index (χ4n) is 1.29. The molecule has 74 valence electrons. The van der Waals surface area contributed by atoms with E-state index in [0.29, 0.717) is 16.7 Å². The fraction of sp³-hybridized carbons (Fsp3) is 0.0909. The average Bonchev–Trinajstić information content (AvgIpc) is 2.26. The number of nitrogens with one attached hydrogen (secondary N) is 1. The van der Waals surface area contributed by atoms with Crippen LogP contribution in [0.2, 0.25) is 0 Å². The highest BCUT2D eigenvalue weighted by atomic mass is 32.1. The molecule has 0 fully saturated rings. The number of H-pyrrole nitrogens is 1. The smallest absolute Gasteiger partial charge is 0.258 e. The normalized spacial score (nSPS) is 9.67. The van der Waals surface area contributed by atoms with E-state index < -0.39 is 0 Å². The minimum atomic E-state index is -0.131. The molecule has 3 nitrogen and oxygen atoms in total. The van der Waals surface area contributed by atoms with Crippen molar-refractivity contribution in [3.8, 4) is 11.8 Å².